The number of aliphatic hydroxyl groups is 1. The van der Waals surface area contributed by atoms with Crippen molar-refractivity contribution >= 4 is 52.3 Å². The highest BCUT2D eigenvalue weighted by molar-refractivity contribution is 6.47. The molecule has 0 spiro atoms. The fourth-order valence-electron chi connectivity index (χ4n) is 4.19. The van der Waals surface area contributed by atoms with E-state index in [9.17, 15) is 14.7 Å². The van der Waals surface area contributed by atoms with Crippen LogP contribution in [0.4, 0.5) is 0 Å². The van der Waals surface area contributed by atoms with Gasteiger partial charge in [0.2, 0.25) is 0 Å². The number of aliphatic hydroxyl groups excluding tert-OH is 1. The molecular formula is C24H23Cl3N2O4. The van der Waals surface area contributed by atoms with E-state index in [4.69, 9.17) is 39.5 Å². The molecule has 0 bridgehead atoms. The van der Waals surface area contributed by atoms with E-state index in [0.29, 0.717) is 52.4 Å². The van der Waals surface area contributed by atoms with Crippen LogP contribution in [0, 0.1) is 0 Å². The SMILES string of the molecule is O=C1C(=O)N(CCCN2CCOCC2)C(c2ccc(Cl)c(Cl)c2)C1=C(O)c1ccc(Cl)cc1. The monoisotopic (exact) mass is 508 g/mol. The molecule has 0 aromatic heterocycles. The van der Waals surface area contributed by atoms with Crippen molar-refractivity contribution in [1.82, 2.24) is 9.80 Å². The van der Waals surface area contributed by atoms with Gasteiger partial charge in [-0.2, -0.15) is 0 Å². The molecule has 0 radical (unpaired) electrons. The fourth-order valence-corrected chi connectivity index (χ4v) is 4.62. The largest absolute Gasteiger partial charge is 0.507 e. The average Bonchev–Trinajstić information content (AvgIpc) is 3.06. The molecule has 1 unspecified atom stereocenters. The quantitative estimate of drug-likeness (QED) is 0.344. The number of carbonyl (C=O) groups is 2. The van der Waals surface area contributed by atoms with E-state index in [1.165, 1.54) is 4.90 Å². The fraction of sp³-hybridized carbons (Fsp3) is 0.333. The van der Waals surface area contributed by atoms with Gasteiger partial charge in [0.05, 0.1) is 34.9 Å². The van der Waals surface area contributed by atoms with Gasteiger partial charge in [0, 0.05) is 36.8 Å². The van der Waals surface area contributed by atoms with Crippen LogP contribution >= 0.6 is 34.8 Å². The standard InChI is InChI=1S/C24H23Cl3N2O4/c25-17-5-2-15(3-6-17)22(30)20-21(16-4-7-18(26)19(27)14-16)29(24(32)23(20)31)9-1-8-28-10-12-33-13-11-28/h2-7,14,21,30H,1,8-13H2. The summed E-state index contributed by atoms with van der Waals surface area (Å²) in [6, 6.07) is 10.6. The number of hydrogen-bond donors (Lipinski definition) is 1. The summed E-state index contributed by atoms with van der Waals surface area (Å²) in [6.45, 7) is 4.18. The van der Waals surface area contributed by atoms with Crippen LogP contribution in [0.3, 0.4) is 0 Å². The molecule has 2 aromatic rings. The number of ketones is 1. The molecule has 0 saturated carbocycles. The molecule has 1 atom stereocenters. The number of likely N-dealkylation sites (tertiary alicyclic amines) is 1. The number of rotatable bonds is 6. The third kappa shape index (κ3) is 5.20. The van der Waals surface area contributed by atoms with E-state index in [0.717, 1.165) is 19.6 Å². The van der Waals surface area contributed by atoms with Crippen molar-refractivity contribution in [2.24, 2.45) is 0 Å². The summed E-state index contributed by atoms with van der Waals surface area (Å²) in [6.07, 6.45) is 0.672. The lowest BCUT2D eigenvalue weighted by molar-refractivity contribution is -0.140. The molecule has 1 N–H and O–H groups in total. The van der Waals surface area contributed by atoms with Gasteiger partial charge in [-0.15, -0.1) is 0 Å². The van der Waals surface area contributed by atoms with Gasteiger partial charge in [0.25, 0.3) is 11.7 Å². The second-order valence-electron chi connectivity index (χ2n) is 7.98. The lowest BCUT2D eigenvalue weighted by atomic mass is 9.95. The molecule has 4 rings (SSSR count). The summed E-state index contributed by atoms with van der Waals surface area (Å²) in [4.78, 5) is 29.9. The second-order valence-corrected chi connectivity index (χ2v) is 9.23. The molecule has 33 heavy (non-hydrogen) atoms. The topological polar surface area (TPSA) is 70.1 Å². The van der Waals surface area contributed by atoms with Crippen molar-refractivity contribution < 1.29 is 19.4 Å². The molecule has 2 aromatic carbocycles. The van der Waals surface area contributed by atoms with Gasteiger partial charge >= 0.3 is 0 Å². The first kappa shape index (κ1) is 24.0. The minimum absolute atomic E-state index is 0.0204. The van der Waals surface area contributed by atoms with Gasteiger partial charge in [-0.05, 0) is 48.4 Å². The Kier molecular flexibility index (Phi) is 7.62. The Morgan fingerprint density at radius 2 is 1.67 bits per heavy atom. The Hall–Kier alpha value is -2.09. The highest BCUT2D eigenvalue weighted by atomic mass is 35.5. The van der Waals surface area contributed by atoms with Crippen LogP contribution in [0.1, 0.15) is 23.6 Å². The first-order chi connectivity index (χ1) is 15.9. The van der Waals surface area contributed by atoms with E-state index in [1.54, 1.807) is 42.5 Å². The summed E-state index contributed by atoms with van der Waals surface area (Å²) in [5.41, 5.74) is 1.02. The van der Waals surface area contributed by atoms with Crippen molar-refractivity contribution in [3.63, 3.8) is 0 Å². The van der Waals surface area contributed by atoms with Gasteiger partial charge in [-0.25, -0.2) is 0 Å². The first-order valence-corrected chi connectivity index (χ1v) is 11.8. The molecule has 1 amide bonds. The number of benzene rings is 2. The second kappa shape index (κ2) is 10.5. The molecule has 6 nitrogen and oxygen atoms in total. The predicted molar refractivity (Wildman–Crippen MR) is 129 cm³/mol. The molecule has 9 heteroatoms. The van der Waals surface area contributed by atoms with Gasteiger partial charge in [-0.3, -0.25) is 14.5 Å². The van der Waals surface area contributed by atoms with Crippen LogP contribution in [0.2, 0.25) is 15.1 Å². The maximum absolute atomic E-state index is 13.1. The number of morpholine rings is 1. The zero-order valence-corrected chi connectivity index (χ0v) is 20.0. The summed E-state index contributed by atoms with van der Waals surface area (Å²) < 4.78 is 5.38. The van der Waals surface area contributed by atoms with E-state index >= 15 is 0 Å². The molecule has 2 aliphatic heterocycles. The molecular weight excluding hydrogens is 487 g/mol. The molecule has 2 aliphatic rings. The predicted octanol–water partition coefficient (Wildman–Crippen LogP) is 4.79. The molecule has 0 aliphatic carbocycles. The van der Waals surface area contributed by atoms with E-state index < -0.39 is 17.7 Å². The normalized spacial score (nSPS) is 21.1. The highest BCUT2D eigenvalue weighted by Crippen LogP contribution is 2.41. The maximum Gasteiger partial charge on any atom is 0.295 e. The van der Waals surface area contributed by atoms with Crippen LogP contribution in [0.5, 0.6) is 0 Å². The van der Waals surface area contributed by atoms with Gasteiger partial charge in [0.1, 0.15) is 5.76 Å². The Morgan fingerprint density at radius 3 is 2.33 bits per heavy atom. The number of nitrogens with zero attached hydrogens (tertiary/aromatic N) is 2. The average molecular weight is 510 g/mol. The number of hydrogen-bond acceptors (Lipinski definition) is 5. The van der Waals surface area contributed by atoms with Crippen LogP contribution in [0.15, 0.2) is 48.0 Å². The van der Waals surface area contributed by atoms with Gasteiger partial charge in [0.15, 0.2) is 0 Å². The summed E-state index contributed by atoms with van der Waals surface area (Å²) in [7, 11) is 0. The van der Waals surface area contributed by atoms with Crippen molar-refractivity contribution in [2.75, 3.05) is 39.4 Å². The molecule has 2 saturated heterocycles. The summed E-state index contributed by atoms with van der Waals surface area (Å²) >= 11 is 18.3. The Balaban J connectivity index is 1.69. The Morgan fingerprint density at radius 1 is 0.970 bits per heavy atom. The zero-order chi connectivity index (χ0) is 23.5. The lowest BCUT2D eigenvalue weighted by Gasteiger charge is -2.29. The molecule has 174 valence electrons. The van der Waals surface area contributed by atoms with Crippen LogP contribution in [-0.4, -0.2) is 66.0 Å². The maximum atomic E-state index is 13.1. The first-order valence-electron chi connectivity index (χ1n) is 10.7. The van der Waals surface area contributed by atoms with Crippen LogP contribution in [-0.2, 0) is 14.3 Å². The third-order valence-electron chi connectivity index (χ3n) is 5.89. The molecule has 2 heterocycles. The Bertz CT molecular complexity index is 1080. The van der Waals surface area contributed by atoms with Gasteiger partial charge < -0.3 is 14.7 Å². The van der Waals surface area contributed by atoms with Crippen LogP contribution in [0.25, 0.3) is 5.76 Å². The summed E-state index contributed by atoms with van der Waals surface area (Å²) in [5.74, 6) is -1.63. The number of carbonyl (C=O) groups excluding carboxylic acids is 2. The summed E-state index contributed by atoms with van der Waals surface area (Å²) in [5, 5.41) is 12.2. The lowest BCUT2D eigenvalue weighted by Crippen LogP contribution is -2.38. The Labute approximate surface area is 207 Å². The number of amides is 1. The molecule has 2 fully saturated rings. The zero-order valence-electron chi connectivity index (χ0n) is 17.8. The highest BCUT2D eigenvalue weighted by Gasteiger charge is 2.46. The van der Waals surface area contributed by atoms with Crippen molar-refractivity contribution in [3.8, 4) is 0 Å². The smallest absolute Gasteiger partial charge is 0.295 e. The van der Waals surface area contributed by atoms with E-state index in [1.807, 2.05) is 0 Å². The number of halogens is 3. The number of ether oxygens (including phenoxy) is 1. The van der Waals surface area contributed by atoms with Crippen LogP contribution < -0.4 is 0 Å². The minimum atomic E-state index is -0.778. The van der Waals surface area contributed by atoms with Gasteiger partial charge in [-0.1, -0.05) is 40.9 Å². The minimum Gasteiger partial charge on any atom is -0.507 e. The van der Waals surface area contributed by atoms with Crippen molar-refractivity contribution in [1.29, 1.82) is 0 Å². The van der Waals surface area contributed by atoms with E-state index in [2.05, 4.69) is 4.90 Å². The third-order valence-corrected chi connectivity index (χ3v) is 6.89. The van der Waals surface area contributed by atoms with E-state index in [-0.39, 0.29) is 11.3 Å². The number of Topliss-reactive ketones (excluding diaryl/α,β-unsaturated/α-hetero) is 1. The van der Waals surface area contributed by atoms with Crippen molar-refractivity contribution in [3.05, 3.63) is 74.2 Å². The van der Waals surface area contributed by atoms with Crippen molar-refractivity contribution in [2.45, 2.75) is 12.5 Å².